The van der Waals surface area contributed by atoms with Crippen molar-refractivity contribution in [1.29, 1.82) is 0 Å². The molecule has 0 aliphatic carbocycles. The van der Waals surface area contributed by atoms with Gasteiger partial charge < -0.3 is 0 Å². The highest BCUT2D eigenvalue weighted by molar-refractivity contribution is 9.10. The molecule has 0 amide bonds. The van der Waals surface area contributed by atoms with E-state index in [2.05, 4.69) is 69.3 Å². The number of hydrogen-bond acceptors (Lipinski definition) is 1. The van der Waals surface area contributed by atoms with Gasteiger partial charge >= 0.3 is 0 Å². The van der Waals surface area contributed by atoms with E-state index in [0.29, 0.717) is 11.3 Å². The topological polar surface area (TPSA) is 17.8 Å². The quantitative estimate of drug-likeness (QED) is 0.741. The van der Waals surface area contributed by atoms with Gasteiger partial charge in [-0.05, 0) is 41.1 Å². The van der Waals surface area contributed by atoms with Crippen LogP contribution in [0.3, 0.4) is 0 Å². The van der Waals surface area contributed by atoms with Gasteiger partial charge in [-0.3, -0.25) is 4.68 Å². The Hall–Kier alpha value is 0.170. The van der Waals surface area contributed by atoms with E-state index in [1.165, 1.54) is 5.69 Å². The maximum Gasteiger partial charge on any atom is 0.0738 e. The number of rotatable bonds is 3. The zero-order valence-electron chi connectivity index (χ0n) is 10.6. The van der Waals surface area contributed by atoms with Crippen LogP contribution in [-0.2, 0) is 6.54 Å². The molecular formula is C12H20Br2N2. The Morgan fingerprint density at radius 1 is 1.31 bits per heavy atom. The molecule has 0 spiro atoms. The summed E-state index contributed by atoms with van der Waals surface area (Å²) in [5, 5.41) is 5.57. The molecule has 1 unspecified atom stereocenters. The molecule has 0 radical (unpaired) electrons. The lowest BCUT2D eigenvalue weighted by atomic mass is 9.82. The first-order valence-electron chi connectivity index (χ1n) is 5.52. The van der Waals surface area contributed by atoms with Crippen LogP contribution in [0.5, 0.6) is 0 Å². The summed E-state index contributed by atoms with van der Waals surface area (Å²) in [6.45, 7) is 11.9. The number of halogens is 2. The maximum absolute atomic E-state index is 4.56. The van der Waals surface area contributed by atoms with Crippen molar-refractivity contribution in [2.24, 2.45) is 11.3 Å². The van der Waals surface area contributed by atoms with Crippen molar-refractivity contribution in [1.82, 2.24) is 9.78 Å². The van der Waals surface area contributed by atoms with Crippen LogP contribution in [-0.4, -0.2) is 15.1 Å². The lowest BCUT2D eigenvalue weighted by Crippen LogP contribution is -2.27. The van der Waals surface area contributed by atoms with Crippen molar-refractivity contribution in [3.05, 3.63) is 15.9 Å². The monoisotopic (exact) mass is 350 g/mol. The number of alkyl halides is 1. The van der Waals surface area contributed by atoms with Crippen LogP contribution in [0.1, 0.15) is 32.2 Å². The third kappa shape index (κ3) is 3.10. The van der Waals surface area contributed by atoms with Gasteiger partial charge in [0.15, 0.2) is 0 Å². The summed E-state index contributed by atoms with van der Waals surface area (Å²) in [6, 6.07) is 0. The lowest BCUT2D eigenvalue weighted by molar-refractivity contribution is 0.230. The molecular weight excluding hydrogens is 332 g/mol. The summed E-state index contributed by atoms with van der Waals surface area (Å²) in [5.74, 6) is 0.581. The van der Waals surface area contributed by atoms with Gasteiger partial charge in [0.2, 0.25) is 0 Å². The summed E-state index contributed by atoms with van der Waals surface area (Å²) in [6.07, 6.45) is 0. The van der Waals surface area contributed by atoms with Crippen LogP contribution in [0, 0.1) is 25.2 Å². The zero-order valence-corrected chi connectivity index (χ0v) is 13.8. The molecule has 1 atom stereocenters. The molecule has 0 fully saturated rings. The summed E-state index contributed by atoms with van der Waals surface area (Å²) >= 11 is 7.17. The van der Waals surface area contributed by atoms with Gasteiger partial charge in [0.1, 0.15) is 0 Å². The van der Waals surface area contributed by atoms with Crippen molar-refractivity contribution in [2.45, 2.75) is 41.2 Å². The standard InChI is InChI=1S/C12H20Br2N2/c1-8-11(14)9(2)16(15-8)7-10(6-13)12(3,4)5/h10H,6-7H2,1-5H3. The molecule has 0 aliphatic heterocycles. The lowest BCUT2D eigenvalue weighted by Gasteiger charge is -2.29. The van der Waals surface area contributed by atoms with E-state index in [4.69, 9.17) is 0 Å². The highest BCUT2D eigenvalue weighted by atomic mass is 79.9. The maximum atomic E-state index is 4.56. The van der Waals surface area contributed by atoms with Crippen molar-refractivity contribution in [2.75, 3.05) is 5.33 Å². The highest BCUT2D eigenvalue weighted by Gasteiger charge is 2.25. The van der Waals surface area contributed by atoms with E-state index in [1.807, 2.05) is 6.92 Å². The predicted octanol–water partition coefficient (Wildman–Crippen LogP) is 4.32. The van der Waals surface area contributed by atoms with Gasteiger partial charge in [0, 0.05) is 17.6 Å². The summed E-state index contributed by atoms with van der Waals surface area (Å²) in [4.78, 5) is 0. The number of aromatic nitrogens is 2. The van der Waals surface area contributed by atoms with Crippen molar-refractivity contribution in [3.63, 3.8) is 0 Å². The minimum absolute atomic E-state index is 0.294. The Kier molecular flexibility index (Phi) is 4.64. The minimum Gasteiger partial charge on any atom is -0.268 e. The van der Waals surface area contributed by atoms with Crippen LogP contribution < -0.4 is 0 Å². The predicted molar refractivity (Wildman–Crippen MR) is 76.1 cm³/mol. The second kappa shape index (κ2) is 5.21. The smallest absolute Gasteiger partial charge is 0.0738 e. The van der Waals surface area contributed by atoms with Crippen LogP contribution in [0.2, 0.25) is 0 Å². The molecule has 0 saturated heterocycles. The fourth-order valence-corrected chi connectivity index (χ4v) is 3.08. The van der Waals surface area contributed by atoms with Crippen LogP contribution >= 0.6 is 31.9 Å². The molecule has 4 heteroatoms. The van der Waals surface area contributed by atoms with Crippen LogP contribution in [0.25, 0.3) is 0 Å². The van der Waals surface area contributed by atoms with Crippen LogP contribution in [0.4, 0.5) is 0 Å². The van der Waals surface area contributed by atoms with E-state index < -0.39 is 0 Å². The van der Waals surface area contributed by atoms with Crippen molar-refractivity contribution in [3.8, 4) is 0 Å². The molecule has 0 bridgehead atoms. The van der Waals surface area contributed by atoms with Gasteiger partial charge in [-0.15, -0.1) is 0 Å². The van der Waals surface area contributed by atoms with Gasteiger partial charge in [-0.1, -0.05) is 36.7 Å². The normalized spacial score (nSPS) is 14.2. The highest BCUT2D eigenvalue weighted by Crippen LogP contribution is 2.30. The number of nitrogens with zero attached hydrogens (tertiary/aromatic N) is 2. The van der Waals surface area contributed by atoms with Gasteiger partial charge in [-0.2, -0.15) is 5.10 Å². The van der Waals surface area contributed by atoms with Crippen LogP contribution in [0.15, 0.2) is 4.47 Å². The number of hydrogen-bond donors (Lipinski definition) is 0. The minimum atomic E-state index is 0.294. The van der Waals surface area contributed by atoms with Gasteiger partial charge in [-0.25, -0.2) is 0 Å². The van der Waals surface area contributed by atoms with Crippen molar-refractivity contribution < 1.29 is 0 Å². The molecule has 0 aromatic carbocycles. The van der Waals surface area contributed by atoms with E-state index in [9.17, 15) is 0 Å². The first-order chi connectivity index (χ1) is 7.27. The average Bonchev–Trinajstić information content (AvgIpc) is 2.40. The van der Waals surface area contributed by atoms with Gasteiger partial charge in [0.05, 0.1) is 10.2 Å². The number of aryl methyl sites for hydroxylation is 1. The molecule has 0 saturated carbocycles. The van der Waals surface area contributed by atoms with E-state index in [1.54, 1.807) is 0 Å². The third-order valence-corrected chi connectivity index (χ3v) is 5.03. The molecule has 1 aromatic heterocycles. The third-order valence-electron chi connectivity index (χ3n) is 3.10. The molecule has 16 heavy (non-hydrogen) atoms. The molecule has 2 nitrogen and oxygen atoms in total. The molecule has 1 aromatic rings. The van der Waals surface area contributed by atoms with E-state index in [0.717, 1.165) is 22.0 Å². The Labute approximate surface area is 115 Å². The Bertz CT molecular complexity index is 364. The molecule has 0 aliphatic rings. The summed E-state index contributed by atoms with van der Waals surface area (Å²) < 4.78 is 3.24. The Balaban J connectivity index is 2.91. The SMILES string of the molecule is Cc1nn(CC(CBr)C(C)(C)C)c(C)c1Br. The Morgan fingerprint density at radius 2 is 1.88 bits per heavy atom. The first kappa shape index (κ1) is 14.2. The van der Waals surface area contributed by atoms with E-state index in [-0.39, 0.29) is 0 Å². The second-order valence-electron chi connectivity index (χ2n) is 5.38. The first-order valence-corrected chi connectivity index (χ1v) is 7.44. The fraction of sp³-hybridized carbons (Fsp3) is 0.750. The Morgan fingerprint density at radius 3 is 2.19 bits per heavy atom. The molecule has 1 heterocycles. The largest absolute Gasteiger partial charge is 0.268 e. The van der Waals surface area contributed by atoms with E-state index >= 15 is 0 Å². The molecule has 92 valence electrons. The summed E-state index contributed by atoms with van der Waals surface area (Å²) in [7, 11) is 0. The summed E-state index contributed by atoms with van der Waals surface area (Å²) in [5.41, 5.74) is 2.58. The van der Waals surface area contributed by atoms with Crippen molar-refractivity contribution >= 4 is 31.9 Å². The van der Waals surface area contributed by atoms with Gasteiger partial charge in [0.25, 0.3) is 0 Å². The fourth-order valence-electron chi connectivity index (χ4n) is 1.62. The molecule has 0 N–H and O–H groups in total. The molecule has 1 rings (SSSR count). The second-order valence-corrected chi connectivity index (χ2v) is 6.82. The average molecular weight is 352 g/mol. The zero-order chi connectivity index (χ0) is 12.5.